The third-order valence-electron chi connectivity index (χ3n) is 2.98. The fourth-order valence-electron chi connectivity index (χ4n) is 2.07. The van der Waals surface area contributed by atoms with Gasteiger partial charge in [-0.05, 0) is 0 Å². The molecule has 1 atom stereocenters. The van der Waals surface area contributed by atoms with Crippen LogP contribution in [0.15, 0.2) is 18.2 Å². The summed E-state index contributed by atoms with van der Waals surface area (Å²) < 4.78 is 14.1. The molecule has 19 heavy (non-hydrogen) atoms. The van der Waals surface area contributed by atoms with Crippen molar-refractivity contribution in [3.63, 3.8) is 0 Å². The van der Waals surface area contributed by atoms with Crippen molar-refractivity contribution in [3.8, 4) is 0 Å². The Morgan fingerprint density at radius 2 is 2.47 bits per heavy atom. The number of fused-ring (bicyclic) bond motifs is 1. The zero-order valence-electron chi connectivity index (χ0n) is 10.3. The summed E-state index contributed by atoms with van der Waals surface area (Å²) >= 11 is -0.0838. The third kappa shape index (κ3) is 3.01. The van der Waals surface area contributed by atoms with Gasteiger partial charge in [-0.15, -0.1) is 0 Å². The predicted octanol–water partition coefficient (Wildman–Crippen LogP) is 0.00380. The van der Waals surface area contributed by atoms with Gasteiger partial charge in [0.25, 0.3) is 0 Å². The van der Waals surface area contributed by atoms with Crippen LogP contribution in [-0.2, 0) is 9.53 Å². The van der Waals surface area contributed by atoms with Gasteiger partial charge < -0.3 is 0 Å². The minimum absolute atomic E-state index is 0.0447. The van der Waals surface area contributed by atoms with E-state index in [9.17, 15) is 4.79 Å². The fourth-order valence-corrected chi connectivity index (χ4v) is 3.22. The Balaban J connectivity index is 1.67. The molecule has 2 heterocycles. The van der Waals surface area contributed by atoms with Gasteiger partial charge in [-0.1, -0.05) is 0 Å². The number of morpholine rings is 1. The second-order valence-corrected chi connectivity index (χ2v) is 5.50. The van der Waals surface area contributed by atoms with Crippen molar-refractivity contribution in [3.05, 3.63) is 18.2 Å². The van der Waals surface area contributed by atoms with Gasteiger partial charge in [0.1, 0.15) is 0 Å². The van der Waals surface area contributed by atoms with Crippen molar-refractivity contribution >= 4 is 37.6 Å². The summed E-state index contributed by atoms with van der Waals surface area (Å²) in [5.74, 6) is -0.0447. The Morgan fingerprint density at radius 3 is 3.32 bits per heavy atom. The molecule has 1 aromatic carbocycles. The molecule has 1 saturated heterocycles. The first-order valence-corrected chi connectivity index (χ1v) is 7.69. The zero-order chi connectivity index (χ0) is 13.1. The van der Waals surface area contributed by atoms with Gasteiger partial charge in [0.05, 0.1) is 0 Å². The van der Waals surface area contributed by atoms with Crippen LogP contribution in [0.5, 0.6) is 0 Å². The van der Waals surface area contributed by atoms with Crippen molar-refractivity contribution in [2.75, 3.05) is 25.0 Å². The molecule has 0 spiro atoms. The van der Waals surface area contributed by atoms with Crippen LogP contribution >= 0.6 is 0 Å². The number of carbonyl (C=O) groups is 1. The average molecular weight is 325 g/mol. The predicted molar refractivity (Wildman–Crippen MR) is 72.3 cm³/mol. The van der Waals surface area contributed by atoms with Crippen LogP contribution in [0.3, 0.4) is 0 Å². The summed E-state index contributed by atoms with van der Waals surface area (Å²) in [6, 6.07) is 5.65. The monoisotopic (exact) mass is 326 g/mol. The van der Waals surface area contributed by atoms with Crippen LogP contribution in [0.4, 0.5) is 5.69 Å². The summed E-state index contributed by atoms with van der Waals surface area (Å²) in [6.45, 7) is 2.24. The van der Waals surface area contributed by atoms with E-state index < -0.39 is 0 Å². The number of anilines is 1. The van der Waals surface area contributed by atoms with Crippen LogP contribution in [0.2, 0.25) is 0 Å². The first-order valence-electron chi connectivity index (χ1n) is 6.16. The molecule has 100 valence electrons. The molecule has 6 nitrogen and oxygen atoms in total. The molecule has 3 rings (SSSR count). The van der Waals surface area contributed by atoms with E-state index in [1.165, 1.54) is 0 Å². The standard InChI is InChI=1S/C12H14N4O2Se/c17-11(6-8-7-13-4-5-18-8)14-9-2-1-3-10-12(9)16-19-15-10/h1-3,8,13H,4-7H2,(H,14,17). The number of rotatable bonds is 3. The van der Waals surface area contributed by atoms with Gasteiger partial charge in [-0.2, -0.15) is 0 Å². The molecule has 1 aliphatic rings. The number of nitrogens with one attached hydrogen (secondary N) is 2. The molecule has 0 saturated carbocycles. The summed E-state index contributed by atoms with van der Waals surface area (Å²) in [4.78, 5) is 12.0. The Morgan fingerprint density at radius 1 is 1.53 bits per heavy atom. The zero-order valence-corrected chi connectivity index (χ0v) is 12.0. The van der Waals surface area contributed by atoms with E-state index in [2.05, 4.69) is 18.6 Å². The Hall–Kier alpha value is -1.27. The first-order chi connectivity index (χ1) is 9.33. The fraction of sp³-hybridized carbons (Fsp3) is 0.417. The minimum atomic E-state index is -0.0838. The maximum atomic E-state index is 12.0. The number of carbonyl (C=O) groups excluding carboxylic acids is 1. The number of ether oxygens (including phenoxy) is 1. The van der Waals surface area contributed by atoms with Crippen molar-refractivity contribution in [2.45, 2.75) is 12.5 Å². The number of benzene rings is 1. The van der Waals surface area contributed by atoms with E-state index in [0.29, 0.717) is 13.0 Å². The molecular formula is C12H14N4O2Se. The van der Waals surface area contributed by atoms with E-state index in [0.717, 1.165) is 29.8 Å². The van der Waals surface area contributed by atoms with Crippen LogP contribution in [0.1, 0.15) is 6.42 Å². The third-order valence-corrected chi connectivity index (χ3v) is 4.12. The molecule has 2 N–H and O–H groups in total. The van der Waals surface area contributed by atoms with Gasteiger partial charge in [0.2, 0.25) is 0 Å². The Kier molecular flexibility index (Phi) is 3.89. The molecule has 7 heteroatoms. The van der Waals surface area contributed by atoms with Gasteiger partial charge in [0.15, 0.2) is 0 Å². The van der Waals surface area contributed by atoms with E-state index in [-0.39, 0.29) is 27.0 Å². The molecule has 0 bridgehead atoms. The second kappa shape index (κ2) is 5.79. The quantitative estimate of drug-likeness (QED) is 0.777. The normalized spacial score (nSPS) is 19.5. The topological polar surface area (TPSA) is 76.1 Å². The molecular weight excluding hydrogens is 311 g/mol. The van der Waals surface area contributed by atoms with Gasteiger partial charge in [-0.25, -0.2) is 0 Å². The SMILES string of the molecule is O=C(CC1CNCCO1)Nc1cccc2n[se]nc12. The van der Waals surface area contributed by atoms with E-state index >= 15 is 0 Å². The van der Waals surface area contributed by atoms with Crippen LogP contribution in [0.25, 0.3) is 11.0 Å². The number of amides is 1. The van der Waals surface area contributed by atoms with Crippen LogP contribution in [0, 0.1) is 0 Å². The first kappa shape index (κ1) is 12.7. The van der Waals surface area contributed by atoms with Crippen molar-refractivity contribution in [2.24, 2.45) is 0 Å². The Bertz CT molecular complexity index is 580. The van der Waals surface area contributed by atoms with Crippen molar-refractivity contribution < 1.29 is 9.53 Å². The number of aromatic nitrogens is 2. The van der Waals surface area contributed by atoms with Crippen LogP contribution < -0.4 is 10.6 Å². The van der Waals surface area contributed by atoms with E-state index in [1.807, 2.05) is 18.2 Å². The van der Waals surface area contributed by atoms with Gasteiger partial charge in [-0.3, -0.25) is 0 Å². The number of hydrogen-bond donors (Lipinski definition) is 2. The molecule has 1 aromatic heterocycles. The maximum absolute atomic E-state index is 12.0. The number of nitrogens with zero attached hydrogens (tertiary/aromatic N) is 2. The molecule has 2 aromatic rings. The van der Waals surface area contributed by atoms with E-state index in [1.54, 1.807) is 0 Å². The van der Waals surface area contributed by atoms with Crippen molar-refractivity contribution in [1.82, 2.24) is 13.3 Å². The van der Waals surface area contributed by atoms with Crippen LogP contribution in [-0.4, -0.2) is 54.6 Å². The number of hydrogen-bond acceptors (Lipinski definition) is 5. The summed E-state index contributed by atoms with van der Waals surface area (Å²) in [6.07, 6.45) is 0.315. The summed E-state index contributed by atoms with van der Waals surface area (Å²) in [5, 5.41) is 6.11. The molecule has 0 radical (unpaired) electrons. The molecule has 0 aliphatic carbocycles. The summed E-state index contributed by atoms with van der Waals surface area (Å²) in [5.41, 5.74) is 2.42. The van der Waals surface area contributed by atoms with E-state index in [4.69, 9.17) is 4.74 Å². The second-order valence-electron chi connectivity index (χ2n) is 4.39. The molecule has 1 fully saturated rings. The van der Waals surface area contributed by atoms with Crippen molar-refractivity contribution in [1.29, 1.82) is 0 Å². The van der Waals surface area contributed by atoms with Gasteiger partial charge in [0, 0.05) is 0 Å². The van der Waals surface area contributed by atoms with Gasteiger partial charge >= 0.3 is 116 Å². The average Bonchev–Trinajstić information content (AvgIpc) is 2.89. The summed E-state index contributed by atoms with van der Waals surface area (Å²) in [7, 11) is 0. The molecule has 1 unspecified atom stereocenters. The molecule has 1 amide bonds. The molecule has 1 aliphatic heterocycles. The Labute approximate surface area is 116 Å².